The first kappa shape index (κ1) is 18.6. The second-order valence-corrected chi connectivity index (χ2v) is 8.98. The summed E-state index contributed by atoms with van der Waals surface area (Å²) in [4.78, 5) is 23.3. The highest BCUT2D eigenvalue weighted by molar-refractivity contribution is 7.89. The summed E-state index contributed by atoms with van der Waals surface area (Å²) < 4.78 is 34.1. The van der Waals surface area contributed by atoms with Gasteiger partial charge >= 0.3 is 5.63 Å². The van der Waals surface area contributed by atoms with Gasteiger partial charge in [0.15, 0.2) is 0 Å². The Balaban J connectivity index is 1.54. The van der Waals surface area contributed by atoms with E-state index in [0.29, 0.717) is 36.9 Å². The molecule has 4 rings (SSSR count). The van der Waals surface area contributed by atoms with Gasteiger partial charge in [-0.3, -0.25) is 4.79 Å². The Morgan fingerprint density at radius 3 is 2.46 bits per heavy atom. The van der Waals surface area contributed by atoms with Crippen LogP contribution in [0.3, 0.4) is 0 Å². The van der Waals surface area contributed by atoms with E-state index in [9.17, 15) is 18.0 Å². The number of hydrogen-bond acceptors (Lipinski definition) is 5. The molecule has 2 aromatic heterocycles. The zero-order valence-corrected chi connectivity index (χ0v) is 16.2. The molecule has 0 amide bonds. The van der Waals surface area contributed by atoms with Gasteiger partial charge in [0.1, 0.15) is 5.58 Å². The van der Waals surface area contributed by atoms with E-state index < -0.39 is 15.6 Å². The highest BCUT2D eigenvalue weighted by Gasteiger charge is 2.30. The zero-order chi connectivity index (χ0) is 19.9. The fourth-order valence-corrected chi connectivity index (χ4v) is 5.11. The summed E-state index contributed by atoms with van der Waals surface area (Å²) in [6.07, 6.45) is 3.07. The lowest BCUT2D eigenvalue weighted by Gasteiger charge is -2.31. The predicted octanol–water partition coefficient (Wildman–Crippen LogP) is 2.06. The van der Waals surface area contributed by atoms with Crippen LogP contribution in [-0.4, -0.2) is 30.4 Å². The van der Waals surface area contributed by atoms with Gasteiger partial charge in [-0.2, -0.15) is 4.31 Å². The summed E-state index contributed by atoms with van der Waals surface area (Å²) in [6, 6.07) is 10.9. The Hall–Kier alpha value is -2.71. The molecule has 3 heterocycles. The van der Waals surface area contributed by atoms with Crippen molar-refractivity contribution in [2.45, 2.75) is 23.7 Å². The van der Waals surface area contributed by atoms with Crippen molar-refractivity contribution >= 4 is 21.0 Å². The minimum Gasteiger partial charge on any atom is -0.423 e. The Labute approximate surface area is 161 Å². The molecule has 146 valence electrons. The Kier molecular flexibility index (Phi) is 4.68. The quantitative estimate of drug-likeness (QED) is 0.628. The summed E-state index contributed by atoms with van der Waals surface area (Å²) in [5, 5.41) is 0.565. The predicted molar refractivity (Wildman–Crippen MR) is 105 cm³/mol. The van der Waals surface area contributed by atoms with Crippen LogP contribution in [0, 0.1) is 0 Å². The molecule has 28 heavy (non-hydrogen) atoms. The number of aromatic nitrogens is 1. The molecule has 0 spiro atoms. The second-order valence-electron chi connectivity index (χ2n) is 7.04. The second kappa shape index (κ2) is 7.03. The van der Waals surface area contributed by atoms with Crippen LogP contribution in [0.25, 0.3) is 11.0 Å². The number of aryl methyl sites for hydroxylation is 1. The van der Waals surface area contributed by atoms with Crippen molar-refractivity contribution in [2.24, 2.45) is 7.05 Å². The van der Waals surface area contributed by atoms with Crippen molar-refractivity contribution in [3.8, 4) is 0 Å². The molecule has 0 unspecified atom stereocenters. The molecule has 1 aliphatic heterocycles. The normalized spacial score (nSPS) is 16.5. The highest BCUT2D eigenvalue weighted by Crippen LogP contribution is 2.30. The van der Waals surface area contributed by atoms with E-state index in [2.05, 4.69) is 0 Å². The molecule has 0 aliphatic carbocycles. The lowest BCUT2D eigenvalue weighted by Crippen LogP contribution is -2.38. The number of fused-ring (bicyclic) bond motifs is 1. The summed E-state index contributed by atoms with van der Waals surface area (Å²) >= 11 is 0. The van der Waals surface area contributed by atoms with Gasteiger partial charge in [0.2, 0.25) is 10.0 Å². The number of sulfonamides is 1. The summed E-state index contributed by atoms with van der Waals surface area (Å²) in [5.74, 6) is 0.172. The monoisotopic (exact) mass is 400 g/mol. The lowest BCUT2D eigenvalue weighted by molar-refractivity contribution is 0.319. The molecule has 0 bridgehead atoms. The molecular formula is C20H20N2O5S. The van der Waals surface area contributed by atoms with Gasteiger partial charge in [-0.05, 0) is 54.7 Å². The fourth-order valence-electron chi connectivity index (χ4n) is 3.61. The maximum atomic E-state index is 13.0. The zero-order valence-electron chi connectivity index (χ0n) is 15.4. The standard InChI is InChI=1S/C20H20N2O5S/c1-21-9-6-15(13-19(21)23)14-7-10-22(11-8-14)28(25,26)17-3-4-18-16(12-17)2-5-20(24)27-18/h2-6,9,12-14H,7-8,10-11H2,1H3. The molecule has 1 fully saturated rings. The number of pyridine rings is 1. The van der Waals surface area contributed by atoms with Gasteiger partial charge < -0.3 is 8.98 Å². The van der Waals surface area contributed by atoms with Crippen LogP contribution in [0.2, 0.25) is 0 Å². The summed E-state index contributed by atoms with van der Waals surface area (Å²) in [7, 11) is -1.93. The third kappa shape index (κ3) is 3.41. The minimum absolute atomic E-state index is 0.0598. The Bertz CT molecular complexity index is 1250. The molecule has 1 saturated heterocycles. The van der Waals surface area contributed by atoms with E-state index in [1.807, 2.05) is 6.07 Å². The van der Waals surface area contributed by atoms with E-state index in [0.717, 1.165) is 5.56 Å². The summed E-state index contributed by atoms with van der Waals surface area (Å²) in [6.45, 7) is 0.786. The largest absolute Gasteiger partial charge is 0.423 e. The molecule has 0 radical (unpaired) electrons. The van der Waals surface area contributed by atoms with Crippen molar-refractivity contribution < 1.29 is 12.8 Å². The molecule has 3 aromatic rings. The van der Waals surface area contributed by atoms with E-state index in [-0.39, 0.29) is 16.4 Å². The van der Waals surface area contributed by atoms with Gasteiger partial charge in [-0.15, -0.1) is 0 Å². The number of nitrogens with zero attached hydrogens (tertiary/aromatic N) is 2. The topological polar surface area (TPSA) is 89.6 Å². The smallest absolute Gasteiger partial charge is 0.336 e. The summed E-state index contributed by atoms with van der Waals surface area (Å²) in [5.41, 5.74) is 0.785. The van der Waals surface area contributed by atoms with Gasteiger partial charge in [0, 0.05) is 43.9 Å². The van der Waals surface area contributed by atoms with Gasteiger partial charge in [0.25, 0.3) is 5.56 Å². The van der Waals surface area contributed by atoms with Crippen molar-refractivity contribution in [2.75, 3.05) is 13.1 Å². The van der Waals surface area contributed by atoms with Crippen molar-refractivity contribution in [3.05, 3.63) is 75.0 Å². The van der Waals surface area contributed by atoms with Crippen LogP contribution in [0.15, 0.2) is 67.6 Å². The Morgan fingerprint density at radius 1 is 1.00 bits per heavy atom. The molecule has 0 N–H and O–H groups in total. The van der Waals surface area contributed by atoms with Crippen LogP contribution in [0.5, 0.6) is 0 Å². The Morgan fingerprint density at radius 2 is 1.75 bits per heavy atom. The average Bonchev–Trinajstić information content (AvgIpc) is 2.69. The molecule has 0 atom stereocenters. The van der Waals surface area contributed by atoms with Crippen molar-refractivity contribution in [1.82, 2.24) is 8.87 Å². The third-order valence-electron chi connectivity index (χ3n) is 5.28. The molecule has 8 heteroatoms. The maximum Gasteiger partial charge on any atom is 0.336 e. The van der Waals surface area contributed by atoms with E-state index in [1.54, 1.807) is 25.4 Å². The SMILES string of the molecule is Cn1ccc(C2CCN(S(=O)(=O)c3ccc4oc(=O)ccc4c3)CC2)cc1=O. The minimum atomic E-state index is -3.64. The highest BCUT2D eigenvalue weighted by atomic mass is 32.2. The van der Waals surface area contributed by atoms with E-state index >= 15 is 0 Å². The number of rotatable bonds is 3. The number of piperidine rings is 1. The van der Waals surface area contributed by atoms with Crippen LogP contribution in [-0.2, 0) is 17.1 Å². The van der Waals surface area contributed by atoms with Crippen LogP contribution in [0.4, 0.5) is 0 Å². The number of hydrogen-bond donors (Lipinski definition) is 0. The molecule has 7 nitrogen and oxygen atoms in total. The first-order chi connectivity index (χ1) is 13.3. The first-order valence-electron chi connectivity index (χ1n) is 9.05. The van der Waals surface area contributed by atoms with Gasteiger partial charge in [-0.25, -0.2) is 13.2 Å². The fraction of sp³-hybridized carbons (Fsp3) is 0.300. The van der Waals surface area contributed by atoms with Gasteiger partial charge in [-0.1, -0.05) is 0 Å². The lowest BCUT2D eigenvalue weighted by atomic mass is 9.91. The molecular weight excluding hydrogens is 380 g/mol. The van der Waals surface area contributed by atoms with Crippen LogP contribution >= 0.6 is 0 Å². The molecule has 1 aromatic carbocycles. The van der Waals surface area contributed by atoms with E-state index in [4.69, 9.17) is 4.42 Å². The van der Waals surface area contributed by atoms with Crippen molar-refractivity contribution in [3.63, 3.8) is 0 Å². The van der Waals surface area contributed by atoms with Crippen LogP contribution in [0.1, 0.15) is 24.3 Å². The van der Waals surface area contributed by atoms with Gasteiger partial charge in [0.05, 0.1) is 4.90 Å². The van der Waals surface area contributed by atoms with Crippen LogP contribution < -0.4 is 11.2 Å². The first-order valence-corrected chi connectivity index (χ1v) is 10.5. The number of benzene rings is 1. The third-order valence-corrected chi connectivity index (χ3v) is 7.18. The van der Waals surface area contributed by atoms with Crippen molar-refractivity contribution in [1.29, 1.82) is 0 Å². The average molecular weight is 400 g/mol. The maximum absolute atomic E-state index is 13.0. The molecule has 1 aliphatic rings. The van der Waals surface area contributed by atoms with E-state index in [1.165, 1.54) is 33.1 Å². The molecule has 0 saturated carbocycles.